The third kappa shape index (κ3) is 3.89. The predicted molar refractivity (Wildman–Crippen MR) is 73.6 cm³/mol. The lowest BCUT2D eigenvalue weighted by Gasteiger charge is -2.04. The standard InChI is InChI=1S/C13H22N6/c1-10(2)6-14-7-12-8-19(17-15-12)9-13-5-11(3)16-18(13)4/h5,8,10,14H,6-7,9H2,1-4H3. The van der Waals surface area contributed by atoms with Gasteiger partial charge in [-0.15, -0.1) is 5.10 Å². The maximum absolute atomic E-state index is 4.33. The van der Waals surface area contributed by atoms with Crippen molar-refractivity contribution in [3.63, 3.8) is 0 Å². The molecule has 0 amide bonds. The van der Waals surface area contributed by atoms with E-state index in [1.165, 1.54) is 0 Å². The second-order valence-electron chi connectivity index (χ2n) is 5.33. The van der Waals surface area contributed by atoms with Crippen molar-refractivity contribution in [1.82, 2.24) is 30.1 Å². The number of nitrogens with zero attached hydrogens (tertiary/aromatic N) is 5. The van der Waals surface area contributed by atoms with Crippen LogP contribution in [0, 0.1) is 12.8 Å². The van der Waals surface area contributed by atoms with Crippen LogP contribution in [0.25, 0.3) is 0 Å². The highest BCUT2D eigenvalue weighted by Crippen LogP contribution is 2.04. The third-order valence-corrected chi connectivity index (χ3v) is 2.87. The highest BCUT2D eigenvalue weighted by Gasteiger charge is 2.05. The molecule has 2 aromatic rings. The van der Waals surface area contributed by atoms with E-state index in [-0.39, 0.29) is 0 Å². The van der Waals surface area contributed by atoms with Crippen LogP contribution < -0.4 is 5.32 Å². The van der Waals surface area contributed by atoms with Crippen molar-refractivity contribution in [2.24, 2.45) is 13.0 Å². The van der Waals surface area contributed by atoms with Crippen molar-refractivity contribution in [3.8, 4) is 0 Å². The average Bonchev–Trinajstić information content (AvgIpc) is 2.87. The third-order valence-electron chi connectivity index (χ3n) is 2.87. The SMILES string of the molecule is Cc1cc(Cn2cc(CNCC(C)C)nn2)n(C)n1. The van der Waals surface area contributed by atoms with Crippen molar-refractivity contribution in [3.05, 3.63) is 29.3 Å². The van der Waals surface area contributed by atoms with E-state index in [4.69, 9.17) is 0 Å². The Bertz CT molecular complexity index is 525. The first kappa shape index (κ1) is 13.7. The number of hydrogen-bond acceptors (Lipinski definition) is 4. The summed E-state index contributed by atoms with van der Waals surface area (Å²) in [6, 6.07) is 2.07. The van der Waals surface area contributed by atoms with Gasteiger partial charge in [-0.2, -0.15) is 5.10 Å². The quantitative estimate of drug-likeness (QED) is 0.847. The smallest absolute Gasteiger partial charge is 0.0964 e. The molecule has 0 fully saturated rings. The maximum atomic E-state index is 4.33. The van der Waals surface area contributed by atoms with E-state index in [2.05, 4.69) is 40.6 Å². The fourth-order valence-corrected chi connectivity index (χ4v) is 1.96. The molecule has 104 valence electrons. The lowest BCUT2D eigenvalue weighted by atomic mass is 10.2. The Morgan fingerprint density at radius 2 is 2.16 bits per heavy atom. The predicted octanol–water partition coefficient (Wildman–Crippen LogP) is 1.11. The molecule has 19 heavy (non-hydrogen) atoms. The number of hydrogen-bond donors (Lipinski definition) is 1. The van der Waals surface area contributed by atoms with Crippen LogP contribution in [-0.2, 0) is 20.1 Å². The zero-order valence-corrected chi connectivity index (χ0v) is 12.1. The van der Waals surface area contributed by atoms with Gasteiger partial charge < -0.3 is 5.32 Å². The van der Waals surface area contributed by atoms with Gasteiger partial charge in [-0.05, 0) is 25.5 Å². The lowest BCUT2D eigenvalue weighted by Crippen LogP contribution is -2.19. The fraction of sp³-hybridized carbons (Fsp3) is 0.615. The first-order chi connectivity index (χ1) is 9.04. The van der Waals surface area contributed by atoms with Crippen LogP contribution in [0.3, 0.4) is 0 Å². The van der Waals surface area contributed by atoms with Crippen LogP contribution in [0.4, 0.5) is 0 Å². The first-order valence-electron chi connectivity index (χ1n) is 6.64. The molecule has 0 radical (unpaired) electrons. The van der Waals surface area contributed by atoms with Crippen molar-refractivity contribution >= 4 is 0 Å². The molecule has 0 saturated heterocycles. The van der Waals surface area contributed by atoms with Gasteiger partial charge in [-0.1, -0.05) is 19.1 Å². The summed E-state index contributed by atoms with van der Waals surface area (Å²) >= 11 is 0. The molecule has 0 bridgehead atoms. The van der Waals surface area contributed by atoms with Crippen molar-refractivity contribution in [2.45, 2.75) is 33.9 Å². The van der Waals surface area contributed by atoms with Gasteiger partial charge in [-0.25, -0.2) is 4.68 Å². The normalized spacial score (nSPS) is 11.4. The van der Waals surface area contributed by atoms with E-state index >= 15 is 0 Å². The van der Waals surface area contributed by atoms with Gasteiger partial charge >= 0.3 is 0 Å². The van der Waals surface area contributed by atoms with E-state index in [0.29, 0.717) is 12.5 Å². The number of aromatic nitrogens is 5. The van der Waals surface area contributed by atoms with Crippen LogP contribution >= 0.6 is 0 Å². The summed E-state index contributed by atoms with van der Waals surface area (Å²) in [5, 5.41) is 16.0. The van der Waals surface area contributed by atoms with Crippen LogP contribution in [0.2, 0.25) is 0 Å². The molecule has 0 saturated carbocycles. The van der Waals surface area contributed by atoms with Crippen molar-refractivity contribution in [1.29, 1.82) is 0 Å². The Balaban J connectivity index is 1.92. The number of aryl methyl sites for hydroxylation is 2. The molecule has 2 rings (SSSR count). The molecule has 1 N–H and O–H groups in total. The zero-order valence-electron chi connectivity index (χ0n) is 12.1. The Hall–Kier alpha value is -1.69. The summed E-state index contributed by atoms with van der Waals surface area (Å²) in [6.45, 7) is 8.83. The van der Waals surface area contributed by atoms with E-state index < -0.39 is 0 Å². The van der Waals surface area contributed by atoms with Gasteiger partial charge in [0.1, 0.15) is 0 Å². The Morgan fingerprint density at radius 3 is 2.79 bits per heavy atom. The van der Waals surface area contributed by atoms with Gasteiger partial charge in [-0.3, -0.25) is 4.68 Å². The Kier molecular flexibility index (Phi) is 4.31. The highest BCUT2D eigenvalue weighted by atomic mass is 15.4. The van der Waals surface area contributed by atoms with Crippen LogP contribution in [0.15, 0.2) is 12.3 Å². The van der Waals surface area contributed by atoms with Gasteiger partial charge in [0.25, 0.3) is 0 Å². The van der Waals surface area contributed by atoms with E-state index in [9.17, 15) is 0 Å². The van der Waals surface area contributed by atoms with Crippen molar-refractivity contribution in [2.75, 3.05) is 6.54 Å². The summed E-state index contributed by atoms with van der Waals surface area (Å²) in [7, 11) is 1.95. The molecule has 0 unspecified atom stereocenters. The Morgan fingerprint density at radius 1 is 1.37 bits per heavy atom. The minimum Gasteiger partial charge on any atom is -0.311 e. The molecule has 0 aliphatic rings. The first-order valence-corrected chi connectivity index (χ1v) is 6.64. The molecule has 0 aliphatic heterocycles. The summed E-state index contributed by atoms with van der Waals surface area (Å²) in [5.74, 6) is 0.646. The topological polar surface area (TPSA) is 60.6 Å². The van der Waals surface area contributed by atoms with E-state index in [1.807, 2.05) is 29.5 Å². The average molecular weight is 262 g/mol. The number of nitrogens with one attached hydrogen (secondary N) is 1. The minimum atomic E-state index is 0.646. The molecular formula is C13H22N6. The second-order valence-corrected chi connectivity index (χ2v) is 5.33. The summed E-state index contributed by atoms with van der Waals surface area (Å²) in [5.41, 5.74) is 3.13. The van der Waals surface area contributed by atoms with Gasteiger partial charge in [0.15, 0.2) is 0 Å². The number of rotatable bonds is 6. The monoisotopic (exact) mass is 262 g/mol. The molecule has 2 heterocycles. The van der Waals surface area contributed by atoms with Crippen LogP contribution in [0.1, 0.15) is 30.9 Å². The van der Waals surface area contributed by atoms with Gasteiger partial charge in [0.05, 0.1) is 29.8 Å². The van der Waals surface area contributed by atoms with Gasteiger partial charge in [0, 0.05) is 13.6 Å². The molecule has 2 aromatic heterocycles. The summed E-state index contributed by atoms with van der Waals surface area (Å²) in [4.78, 5) is 0. The van der Waals surface area contributed by atoms with Crippen LogP contribution in [0.5, 0.6) is 0 Å². The largest absolute Gasteiger partial charge is 0.311 e. The lowest BCUT2D eigenvalue weighted by molar-refractivity contribution is 0.548. The molecule has 0 atom stereocenters. The van der Waals surface area contributed by atoms with E-state index in [1.54, 1.807) is 0 Å². The highest BCUT2D eigenvalue weighted by molar-refractivity contribution is 5.09. The molecule has 0 spiro atoms. The molecule has 6 nitrogen and oxygen atoms in total. The Labute approximate surface area is 113 Å². The molecule has 0 aromatic carbocycles. The van der Waals surface area contributed by atoms with Gasteiger partial charge in [0.2, 0.25) is 0 Å². The van der Waals surface area contributed by atoms with Crippen molar-refractivity contribution < 1.29 is 0 Å². The minimum absolute atomic E-state index is 0.646. The second kappa shape index (κ2) is 5.97. The molecule has 0 aliphatic carbocycles. The summed E-state index contributed by atoms with van der Waals surface area (Å²) in [6.07, 6.45) is 1.98. The maximum Gasteiger partial charge on any atom is 0.0964 e. The van der Waals surface area contributed by atoms with E-state index in [0.717, 1.165) is 30.2 Å². The fourth-order valence-electron chi connectivity index (χ4n) is 1.96. The van der Waals surface area contributed by atoms with Crippen LogP contribution in [-0.4, -0.2) is 31.3 Å². The molecular weight excluding hydrogens is 240 g/mol. The summed E-state index contributed by atoms with van der Waals surface area (Å²) < 4.78 is 3.73. The molecule has 6 heteroatoms. The zero-order chi connectivity index (χ0) is 13.8.